The van der Waals surface area contributed by atoms with E-state index in [0.29, 0.717) is 11.4 Å². The number of benzene rings is 1. The van der Waals surface area contributed by atoms with Crippen LogP contribution in [-0.4, -0.2) is 0 Å². The van der Waals surface area contributed by atoms with Gasteiger partial charge in [0.1, 0.15) is 0 Å². The van der Waals surface area contributed by atoms with E-state index in [9.17, 15) is 0 Å². The summed E-state index contributed by atoms with van der Waals surface area (Å²) in [6.45, 7) is 4.02. The molecule has 0 heterocycles. The van der Waals surface area contributed by atoms with Gasteiger partial charge in [0.15, 0.2) is 0 Å². The fourth-order valence-corrected chi connectivity index (χ4v) is 1.46. The van der Waals surface area contributed by atoms with E-state index in [-0.39, 0.29) is 0 Å². The number of aryl methyl sites for hydroxylation is 1. The van der Waals surface area contributed by atoms with E-state index < -0.39 is 0 Å². The second kappa shape index (κ2) is 2.74. The number of hydrogen-bond acceptors (Lipinski definition) is 2. The highest BCUT2D eigenvalue weighted by atomic mass is 79.9. The Labute approximate surface area is 74.7 Å². The van der Waals surface area contributed by atoms with Crippen molar-refractivity contribution in [1.82, 2.24) is 0 Å². The van der Waals surface area contributed by atoms with Crippen molar-refractivity contribution in [2.24, 2.45) is 0 Å². The molecular formula is C8H11BrN2. The van der Waals surface area contributed by atoms with Gasteiger partial charge in [-0.2, -0.15) is 0 Å². The predicted molar refractivity (Wildman–Crippen MR) is 52.4 cm³/mol. The highest BCUT2D eigenvalue weighted by Gasteiger charge is 2.05. The second-order valence-electron chi connectivity index (χ2n) is 2.64. The molecule has 0 unspecified atom stereocenters. The molecule has 0 aromatic heterocycles. The highest BCUT2D eigenvalue weighted by molar-refractivity contribution is 9.10. The molecule has 0 aliphatic rings. The van der Waals surface area contributed by atoms with Crippen LogP contribution < -0.4 is 11.5 Å². The third-order valence-electron chi connectivity index (χ3n) is 1.84. The number of halogens is 1. The van der Waals surface area contributed by atoms with Crippen molar-refractivity contribution >= 4 is 27.3 Å². The maximum Gasteiger partial charge on any atom is 0.0695 e. The van der Waals surface area contributed by atoms with E-state index >= 15 is 0 Å². The van der Waals surface area contributed by atoms with Gasteiger partial charge in [0, 0.05) is 4.47 Å². The van der Waals surface area contributed by atoms with Crippen LogP contribution in [0.1, 0.15) is 11.1 Å². The molecule has 0 saturated carbocycles. The Morgan fingerprint density at radius 3 is 2.36 bits per heavy atom. The molecule has 0 radical (unpaired) electrons. The number of nitrogen functional groups attached to an aromatic ring is 2. The average molecular weight is 215 g/mol. The quantitative estimate of drug-likeness (QED) is 0.652. The second-order valence-corrected chi connectivity index (χ2v) is 3.43. The topological polar surface area (TPSA) is 52.0 Å². The Hall–Kier alpha value is -0.700. The normalized spacial score (nSPS) is 10.1. The molecule has 60 valence electrons. The molecule has 1 aromatic carbocycles. The first kappa shape index (κ1) is 8.40. The summed E-state index contributed by atoms with van der Waals surface area (Å²) < 4.78 is 0.912. The van der Waals surface area contributed by atoms with Crippen molar-refractivity contribution in [1.29, 1.82) is 0 Å². The lowest BCUT2D eigenvalue weighted by Crippen LogP contribution is -1.98. The maximum absolute atomic E-state index is 5.68. The van der Waals surface area contributed by atoms with Crippen LogP contribution in [0.4, 0.5) is 11.4 Å². The van der Waals surface area contributed by atoms with Gasteiger partial charge in [0.05, 0.1) is 11.4 Å². The molecule has 0 bridgehead atoms. The first-order valence-corrected chi connectivity index (χ1v) is 4.14. The van der Waals surface area contributed by atoms with Gasteiger partial charge in [-0.15, -0.1) is 0 Å². The Morgan fingerprint density at radius 2 is 1.82 bits per heavy atom. The molecule has 4 N–H and O–H groups in total. The minimum absolute atomic E-state index is 0.633. The minimum Gasteiger partial charge on any atom is -0.397 e. The van der Waals surface area contributed by atoms with E-state index in [0.717, 1.165) is 15.6 Å². The summed E-state index contributed by atoms with van der Waals surface area (Å²) in [6.07, 6.45) is 0. The van der Waals surface area contributed by atoms with Gasteiger partial charge < -0.3 is 11.5 Å². The molecule has 0 fully saturated rings. The molecule has 11 heavy (non-hydrogen) atoms. The molecule has 0 spiro atoms. The van der Waals surface area contributed by atoms with Gasteiger partial charge in [0.2, 0.25) is 0 Å². The Bertz CT molecular complexity index is 268. The maximum atomic E-state index is 5.68. The molecule has 0 aliphatic heterocycles. The molecule has 1 aromatic rings. The van der Waals surface area contributed by atoms with Crippen molar-refractivity contribution in [2.75, 3.05) is 11.5 Å². The fraction of sp³-hybridized carbons (Fsp3) is 0.250. The summed E-state index contributed by atoms with van der Waals surface area (Å²) in [7, 11) is 0. The minimum atomic E-state index is 0.633. The first-order chi connectivity index (χ1) is 5.04. The monoisotopic (exact) mass is 214 g/mol. The first-order valence-electron chi connectivity index (χ1n) is 3.34. The fourth-order valence-electron chi connectivity index (χ4n) is 0.921. The zero-order valence-electron chi connectivity index (χ0n) is 6.61. The molecule has 3 heteroatoms. The largest absolute Gasteiger partial charge is 0.397 e. The number of hydrogen-bond donors (Lipinski definition) is 2. The number of nitrogens with two attached hydrogens (primary N) is 2. The van der Waals surface area contributed by atoms with Crippen LogP contribution >= 0.6 is 15.9 Å². The van der Waals surface area contributed by atoms with Crippen LogP contribution in [0.15, 0.2) is 10.5 Å². The van der Waals surface area contributed by atoms with Gasteiger partial charge >= 0.3 is 0 Å². The summed E-state index contributed by atoms with van der Waals surface area (Å²) >= 11 is 3.38. The summed E-state index contributed by atoms with van der Waals surface area (Å²) in [6, 6.07) is 1.88. The van der Waals surface area contributed by atoms with E-state index in [1.165, 1.54) is 0 Å². The van der Waals surface area contributed by atoms with E-state index in [2.05, 4.69) is 15.9 Å². The van der Waals surface area contributed by atoms with E-state index in [1.807, 2.05) is 19.9 Å². The predicted octanol–water partition coefficient (Wildman–Crippen LogP) is 2.23. The van der Waals surface area contributed by atoms with Gasteiger partial charge in [-0.05, 0) is 47.0 Å². The molecule has 0 saturated heterocycles. The SMILES string of the molecule is Cc1cc(N)c(N)c(Br)c1C. The Balaban J connectivity index is 3.46. The van der Waals surface area contributed by atoms with Crippen LogP contribution in [0.5, 0.6) is 0 Å². The Morgan fingerprint density at radius 1 is 1.27 bits per heavy atom. The van der Waals surface area contributed by atoms with Gasteiger partial charge in [-0.25, -0.2) is 0 Å². The summed E-state index contributed by atoms with van der Waals surface area (Å²) in [5, 5.41) is 0. The summed E-state index contributed by atoms with van der Waals surface area (Å²) in [5.74, 6) is 0. The van der Waals surface area contributed by atoms with Gasteiger partial charge in [-0.1, -0.05) is 0 Å². The number of anilines is 2. The van der Waals surface area contributed by atoms with E-state index in [1.54, 1.807) is 0 Å². The molecule has 1 rings (SSSR count). The van der Waals surface area contributed by atoms with Crippen molar-refractivity contribution < 1.29 is 0 Å². The van der Waals surface area contributed by atoms with Crippen LogP contribution in [0.25, 0.3) is 0 Å². The summed E-state index contributed by atoms with van der Waals surface area (Å²) in [5.41, 5.74) is 14.9. The lowest BCUT2D eigenvalue weighted by Gasteiger charge is -2.08. The van der Waals surface area contributed by atoms with Gasteiger partial charge in [0.25, 0.3) is 0 Å². The van der Waals surface area contributed by atoms with Crippen LogP contribution in [-0.2, 0) is 0 Å². The standard InChI is InChI=1S/C8H11BrN2/c1-4-3-6(10)8(11)7(9)5(4)2/h3H,10-11H2,1-2H3. The zero-order valence-corrected chi connectivity index (χ0v) is 8.20. The molecule has 2 nitrogen and oxygen atoms in total. The third-order valence-corrected chi connectivity index (χ3v) is 2.86. The van der Waals surface area contributed by atoms with Crippen molar-refractivity contribution in [3.63, 3.8) is 0 Å². The van der Waals surface area contributed by atoms with Crippen molar-refractivity contribution in [2.45, 2.75) is 13.8 Å². The highest BCUT2D eigenvalue weighted by Crippen LogP contribution is 2.31. The Kier molecular flexibility index (Phi) is 2.09. The lowest BCUT2D eigenvalue weighted by atomic mass is 10.1. The lowest BCUT2D eigenvalue weighted by molar-refractivity contribution is 1.32. The third kappa shape index (κ3) is 1.33. The molecule has 0 amide bonds. The van der Waals surface area contributed by atoms with E-state index in [4.69, 9.17) is 11.5 Å². The average Bonchev–Trinajstić information content (AvgIpc) is 1.97. The zero-order chi connectivity index (χ0) is 8.59. The van der Waals surface area contributed by atoms with Crippen LogP contribution in [0, 0.1) is 13.8 Å². The molecule has 0 aliphatic carbocycles. The number of rotatable bonds is 0. The van der Waals surface area contributed by atoms with Crippen LogP contribution in [0.3, 0.4) is 0 Å². The molecular weight excluding hydrogens is 204 g/mol. The van der Waals surface area contributed by atoms with Crippen LogP contribution in [0.2, 0.25) is 0 Å². The van der Waals surface area contributed by atoms with Crippen molar-refractivity contribution in [3.8, 4) is 0 Å². The smallest absolute Gasteiger partial charge is 0.0695 e. The van der Waals surface area contributed by atoms with Gasteiger partial charge in [-0.3, -0.25) is 0 Å². The summed E-state index contributed by atoms with van der Waals surface area (Å²) in [4.78, 5) is 0. The van der Waals surface area contributed by atoms with Crippen molar-refractivity contribution in [3.05, 3.63) is 21.7 Å². The molecule has 0 atom stereocenters.